The Kier molecular flexibility index (Phi) is 14.5. The number of benzene rings is 6. The van der Waals surface area contributed by atoms with Gasteiger partial charge in [0, 0.05) is 9.52 Å². The Morgan fingerprint density at radius 2 is 1.10 bits per heavy atom. The van der Waals surface area contributed by atoms with E-state index in [1.54, 1.807) is 0 Å². The van der Waals surface area contributed by atoms with Crippen LogP contribution in [0.2, 0.25) is 13.1 Å². The van der Waals surface area contributed by atoms with E-state index in [2.05, 4.69) is 180 Å². The van der Waals surface area contributed by atoms with E-state index in [1.807, 2.05) is 0 Å². The summed E-state index contributed by atoms with van der Waals surface area (Å²) in [5, 5.41) is 10.8. The van der Waals surface area contributed by atoms with Gasteiger partial charge in [-0.05, 0) is 38.6 Å². The van der Waals surface area contributed by atoms with Crippen LogP contribution in [0.1, 0.15) is 49.8 Å². The van der Waals surface area contributed by atoms with Gasteiger partial charge in [0.2, 0.25) is 0 Å². The van der Waals surface area contributed by atoms with Crippen molar-refractivity contribution in [1.29, 1.82) is 0 Å². The molecule has 2 radical (unpaired) electrons. The molecule has 0 saturated heterocycles. The first-order chi connectivity index (χ1) is 24.8. The van der Waals surface area contributed by atoms with Crippen LogP contribution in [0.4, 0.5) is 0 Å². The Balaban J connectivity index is 0.000000172. The molecule has 8 aromatic carbocycles. The molecule has 51 heavy (non-hydrogen) atoms. The normalized spacial score (nSPS) is 10.7. The standard InChI is InChI=1S/C23H21.C22H19.C2H6Si.2ClH.Zr/c1-3-7-17-12-13-21(23-15-16(2)14-22(17)23)20-11-6-9-18-8-4-5-10-19(18)20;1-15(2)18-13-17-9-6-12-21(22(17)14-18)20-11-5-8-16-7-3-4-10-19(16)20;1-3-2;;;/h4-6,8-15H,3,7H2,1-2H3;3-15H,1-2H3;1-2H3;2*1H;/q2*-1;;;;+4/p-2. The van der Waals surface area contributed by atoms with Gasteiger partial charge in [0.05, 0.1) is 0 Å². The molecule has 0 saturated carbocycles. The Morgan fingerprint density at radius 1 is 0.608 bits per heavy atom. The molecular formula is C47H46Cl2SiZr. The van der Waals surface area contributed by atoms with Crippen molar-refractivity contribution in [2.24, 2.45) is 0 Å². The average molecular weight is 801 g/mol. The topological polar surface area (TPSA) is 0 Å². The van der Waals surface area contributed by atoms with Gasteiger partial charge in [0.15, 0.2) is 0 Å². The molecule has 0 bridgehead atoms. The van der Waals surface area contributed by atoms with Crippen molar-refractivity contribution in [2.75, 3.05) is 0 Å². The van der Waals surface area contributed by atoms with E-state index in [9.17, 15) is 0 Å². The first-order valence-corrected chi connectivity index (χ1v) is 26.1. The van der Waals surface area contributed by atoms with Crippen molar-refractivity contribution in [1.82, 2.24) is 0 Å². The maximum atomic E-state index is 4.93. The fourth-order valence-electron chi connectivity index (χ4n) is 6.97. The van der Waals surface area contributed by atoms with Gasteiger partial charge in [0.1, 0.15) is 0 Å². The molecule has 0 aliphatic rings. The van der Waals surface area contributed by atoms with Crippen LogP contribution in [0.3, 0.4) is 0 Å². The average Bonchev–Trinajstić information content (AvgIpc) is 3.77. The zero-order chi connectivity index (χ0) is 36.3. The second-order valence-corrected chi connectivity index (χ2v) is 18.0. The van der Waals surface area contributed by atoms with Gasteiger partial charge in [-0.1, -0.05) is 162 Å². The molecular weight excluding hydrogens is 755 g/mol. The molecule has 0 N–H and O–H groups in total. The molecule has 0 aliphatic carbocycles. The SMILES string of the molecule is CC(C)c1cc2c(-c3cccc4ccccc34)cccc2[cH-]1.CCCc1ccc(-c2cccc3ccccc23)c2cc(C)[cH-]c12.C[Si]C.[Cl][Zr+2][Cl]. The van der Waals surface area contributed by atoms with Gasteiger partial charge in [-0.2, -0.15) is 12.1 Å². The molecule has 0 amide bonds. The summed E-state index contributed by atoms with van der Waals surface area (Å²) >= 11 is -0.826. The van der Waals surface area contributed by atoms with Gasteiger partial charge >= 0.3 is 37.9 Å². The second-order valence-electron chi connectivity index (χ2n) is 13.3. The Hall–Kier alpha value is -3.26. The van der Waals surface area contributed by atoms with E-state index in [0.29, 0.717) is 5.92 Å². The predicted octanol–water partition coefficient (Wildman–Crippen LogP) is 15.3. The van der Waals surface area contributed by atoms with Gasteiger partial charge in [-0.25, -0.2) is 0 Å². The number of rotatable bonds is 5. The summed E-state index contributed by atoms with van der Waals surface area (Å²) < 4.78 is 0. The first kappa shape index (κ1) is 39.0. The summed E-state index contributed by atoms with van der Waals surface area (Å²) in [5.74, 6) is 0.563. The third kappa shape index (κ3) is 9.22. The summed E-state index contributed by atoms with van der Waals surface area (Å²) in [6.45, 7) is 13.3. The first-order valence-electron chi connectivity index (χ1n) is 17.7. The number of fused-ring (bicyclic) bond motifs is 4. The van der Waals surface area contributed by atoms with Crippen LogP contribution in [-0.2, 0) is 27.3 Å². The number of halogens is 2. The van der Waals surface area contributed by atoms with Crippen LogP contribution in [0, 0.1) is 6.92 Å². The summed E-state index contributed by atoms with van der Waals surface area (Å²) in [5.41, 5.74) is 9.59. The minimum absolute atomic E-state index is 0.563. The van der Waals surface area contributed by atoms with Crippen LogP contribution >= 0.6 is 17.0 Å². The maximum absolute atomic E-state index is 4.93. The van der Waals surface area contributed by atoms with E-state index in [4.69, 9.17) is 17.0 Å². The van der Waals surface area contributed by atoms with Crippen molar-refractivity contribution in [3.63, 3.8) is 0 Å². The zero-order valence-corrected chi connectivity index (χ0v) is 35.5. The summed E-state index contributed by atoms with van der Waals surface area (Å²) in [4.78, 5) is 0. The van der Waals surface area contributed by atoms with E-state index < -0.39 is 20.8 Å². The summed E-state index contributed by atoms with van der Waals surface area (Å²) in [6, 6.07) is 51.1. The molecule has 4 heteroatoms. The molecule has 0 unspecified atom stereocenters. The third-order valence-corrected chi connectivity index (χ3v) is 9.24. The van der Waals surface area contributed by atoms with Crippen LogP contribution < -0.4 is 0 Å². The minimum atomic E-state index is -0.826. The number of hydrogen-bond acceptors (Lipinski definition) is 0. The van der Waals surface area contributed by atoms with E-state index in [1.165, 1.54) is 88.5 Å². The molecule has 8 aromatic rings. The van der Waals surface area contributed by atoms with Crippen molar-refractivity contribution in [3.8, 4) is 22.3 Å². The Morgan fingerprint density at radius 3 is 1.65 bits per heavy atom. The van der Waals surface area contributed by atoms with E-state index in [0.717, 1.165) is 15.9 Å². The fourth-order valence-corrected chi connectivity index (χ4v) is 6.97. The molecule has 0 spiro atoms. The number of aryl methyl sites for hydroxylation is 2. The van der Waals surface area contributed by atoms with Gasteiger partial charge in [-0.3, -0.25) is 0 Å². The quantitative estimate of drug-likeness (QED) is 0.120. The second kappa shape index (κ2) is 19.0. The number of hydrogen-bond donors (Lipinski definition) is 0. The van der Waals surface area contributed by atoms with Crippen LogP contribution in [-0.4, -0.2) is 9.52 Å². The van der Waals surface area contributed by atoms with Crippen molar-refractivity contribution in [3.05, 3.63) is 156 Å². The molecule has 0 fully saturated rings. The summed E-state index contributed by atoms with van der Waals surface area (Å²) in [6.07, 6.45) is 2.34. The molecule has 8 rings (SSSR count). The van der Waals surface area contributed by atoms with Gasteiger partial charge in [0.25, 0.3) is 0 Å². The molecule has 0 aliphatic heterocycles. The van der Waals surface area contributed by atoms with Gasteiger partial charge < -0.3 is 0 Å². The third-order valence-electron chi connectivity index (χ3n) is 9.24. The molecule has 0 atom stereocenters. The van der Waals surface area contributed by atoms with Crippen LogP contribution in [0.5, 0.6) is 0 Å². The van der Waals surface area contributed by atoms with Crippen molar-refractivity contribution < 1.29 is 20.8 Å². The predicted molar refractivity (Wildman–Crippen MR) is 227 cm³/mol. The van der Waals surface area contributed by atoms with Crippen molar-refractivity contribution >= 4 is 69.6 Å². The van der Waals surface area contributed by atoms with Gasteiger partial charge in [-0.15, -0.1) is 68.6 Å². The van der Waals surface area contributed by atoms with Crippen molar-refractivity contribution in [2.45, 2.75) is 59.5 Å². The molecule has 0 nitrogen and oxygen atoms in total. The molecule has 0 heterocycles. The monoisotopic (exact) mass is 798 g/mol. The van der Waals surface area contributed by atoms with E-state index >= 15 is 0 Å². The Labute approximate surface area is 326 Å². The molecule has 0 aromatic heterocycles. The van der Waals surface area contributed by atoms with E-state index in [-0.39, 0.29) is 0 Å². The van der Waals surface area contributed by atoms with Crippen LogP contribution in [0.25, 0.3) is 65.3 Å². The fraction of sp³-hybridized carbons (Fsp3) is 0.191. The zero-order valence-electron chi connectivity index (χ0n) is 30.5. The summed E-state index contributed by atoms with van der Waals surface area (Å²) in [7, 11) is 11.0. The Bertz CT molecular complexity index is 2310. The molecule has 256 valence electrons. The van der Waals surface area contributed by atoms with Crippen LogP contribution in [0.15, 0.2) is 140 Å².